The summed E-state index contributed by atoms with van der Waals surface area (Å²) in [6.07, 6.45) is 6.09. The number of nitrogens with zero attached hydrogens (tertiary/aromatic N) is 4. The Labute approximate surface area is 148 Å². The lowest BCUT2D eigenvalue weighted by Crippen LogP contribution is -2.02. The third kappa shape index (κ3) is 2.74. The second-order valence-electron chi connectivity index (χ2n) is 6.24. The van der Waals surface area contributed by atoms with Gasteiger partial charge in [0.25, 0.3) is 0 Å². The molecule has 0 atom stereocenters. The van der Waals surface area contributed by atoms with Gasteiger partial charge in [-0.2, -0.15) is 5.10 Å². The van der Waals surface area contributed by atoms with Gasteiger partial charge in [0, 0.05) is 46.7 Å². The molecule has 7 heteroatoms. The SMILES string of the molecule is Clc1cccc(-c2cc3nccn3c(Nc3cc(C4CC4)[nH]n3)n2)c1. The highest BCUT2D eigenvalue weighted by atomic mass is 35.5. The molecule has 0 radical (unpaired) electrons. The fraction of sp³-hybridized carbons (Fsp3) is 0.167. The first-order valence-corrected chi connectivity index (χ1v) is 8.56. The Balaban J connectivity index is 1.57. The fourth-order valence-electron chi connectivity index (χ4n) is 2.93. The van der Waals surface area contributed by atoms with Crippen LogP contribution in [0.15, 0.2) is 48.8 Å². The highest BCUT2D eigenvalue weighted by Gasteiger charge is 2.25. The van der Waals surface area contributed by atoms with Crippen LogP contribution in [-0.4, -0.2) is 24.6 Å². The summed E-state index contributed by atoms with van der Waals surface area (Å²) in [5.41, 5.74) is 3.74. The molecule has 3 aromatic heterocycles. The van der Waals surface area contributed by atoms with Crippen LogP contribution in [0.4, 0.5) is 11.8 Å². The molecule has 5 rings (SSSR count). The molecule has 0 aliphatic heterocycles. The van der Waals surface area contributed by atoms with Crippen molar-refractivity contribution in [3.8, 4) is 11.3 Å². The maximum Gasteiger partial charge on any atom is 0.214 e. The van der Waals surface area contributed by atoms with Gasteiger partial charge in [0.2, 0.25) is 5.95 Å². The quantitative estimate of drug-likeness (QED) is 0.572. The third-order valence-electron chi connectivity index (χ3n) is 4.36. The van der Waals surface area contributed by atoms with Gasteiger partial charge in [-0.25, -0.2) is 9.97 Å². The number of halogens is 1. The number of benzene rings is 1. The maximum atomic E-state index is 6.12. The number of imidazole rings is 1. The van der Waals surface area contributed by atoms with E-state index in [1.54, 1.807) is 6.20 Å². The normalized spacial score (nSPS) is 14.1. The zero-order chi connectivity index (χ0) is 16.8. The van der Waals surface area contributed by atoms with Crippen molar-refractivity contribution in [1.82, 2.24) is 24.6 Å². The number of H-pyrrole nitrogens is 1. The zero-order valence-corrected chi connectivity index (χ0v) is 14.0. The number of aromatic nitrogens is 5. The minimum absolute atomic E-state index is 0.627. The van der Waals surface area contributed by atoms with Crippen LogP contribution in [0, 0.1) is 0 Å². The molecule has 4 aromatic rings. The Morgan fingerprint density at radius 3 is 2.96 bits per heavy atom. The van der Waals surface area contributed by atoms with E-state index in [2.05, 4.69) is 20.5 Å². The van der Waals surface area contributed by atoms with Gasteiger partial charge in [0.15, 0.2) is 5.82 Å². The molecular weight excluding hydrogens is 336 g/mol. The zero-order valence-electron chi connectivity index (χ0n) is 13.3. The Kier molecular flexibility index (Phi) is 3.24. The van der Waals surface area contributed by atoms with E-state index in [9.17, 15) is 0 Å². The predicted molar refractivity (Wildman–Crippen MR) is 97.3 cm³/mol. The van der Waals surface area contributed by atoms with Crippen LogP contribution in [0.25, 0.3) is 16.9 Å². The summed E-state index contributed by atoms with van der Waals surface area (Å²) in [4.78, 5) is 9.14. The number of anilines is 2. The van der Waals surface area contributed by atoms with Crippen LogP contribution in [0.1, 0.15) is 24.5 Å². The molecule has 3 heterocycles. The summed E-state index contributed by atoms with van der Waals surface area (Å²) >= 11 is 6.12. The van der Waals surface area contributed by atoms with Gasteiger partial charge in [0.1, 0.15) is 5.65 Å². The molecule has 0 unspecified atom stereocenters. The van der Waals surface area contributed by atoms with Gasteiger partial charge in [0.05, 0.1) is 5.69 Å². The topological polar surface area (TPSA) is 70.9 Å². The van der Waals surface area contributed by atoms with Crippen molar-refractivity contribution in [2.75, 3.05) is 5.32 Å². The van der Waals surface area contributed by atoms with Crippen molar-refractivity contribution < 1.29 is 0 Å². The van der Waals surface area contributed by atoms with E-state index in [-0.39, 0.29) is 0 Å². The van der Waals surface area contributed by atoms with Crippen LogP contribution in [-0.2, 0) is 0 Å². The Morgan fingerprint density at radius 1 is 1.20 bits per heavy atom. The first-order valence-electron chi connectivity index (χ1n) is 8.19. The molecule has 1 saturated carbocycles. The number of aromatic amines is 1. The van der Waals surface area contributed by atoms with E-state index in [1.807, 2.05) is 47.0 Å². The molecule has 1 aliphatic carbocycles. The van der Waals surface area contributed by atoms with Gasteiger partial charge < -0.3 is 5.32 Å². The second kappa shape index (κ2) is 5.60. The molecule has 1 aromatic carbocycles. The standard InChI is InChI=1S/C18H15ClN6/c19-13-3-1-2-12(8-13)14-10-17-20-6-7-25(17)18(21-14)22-16-9-15(23-24-16)11-4-5-11/h1-3,6-11H,4-5H2,(H2,21,22,23,24). The molecule has 0 amide bonds. The molecular formula is C18H15ClN6. The van der Waals surface area contributed by atoms with Gasteiger partial charge in [-0.15, -0.1) is 0 Å². The smallest absolute Gasteiger partial charge is 0.214 e. The first-order chi connectivity index (χ1) is 12.3. The monoisotopic (exact) mass is 350 g/mol. The van der Waals surface area contributed by atoms with E-state index in [4.69, 9.17) is 16.6 Å². The van der Waals surface area contributed by atoms with Crippen LogP contribution in [0.3, 0.4) is 0 Å². The van der Waals surface area contributed by atoms with Crippen LogP contribution in [0.2, 0.25) is 5.02 Å². The van der Waals surface area contributed by atoms with Gasteiger partial charge in [-0.1, -0.05) is 23.7 Å². The number of hydrogen-bond acceptors (Lipinski definition) is 4. The van der Waals surface area contributed by atoms with Crippen LogP contribution >= 0.6 is 11.6 Å². The Hall–Kier alpha value is -2.86. The third-order valence-corrected chi connectivity index (χ3v) is 4.60. The lowest BCUT2D eigenvalue weighted by Gasteiger charge is -2.09. The summed E-state index contributed by atoms with van der Waals surface area (Å²) in [6, 6.07) is 11.6. The minimum atomic E-state index is 0.627. The average Bonchev–Trinajstić information content (AvgIpc) is 3.16. The van der Waals surface area contributed by atoms with Crippen molar-refractivity contribution in [2.24, 2.45) is 0 Å². The predicted octanol–water partition coefficient (Wildman–Crippen LogP) is 4.39. The van der Waals surface area contributed by atoms with E-state index in [0.717, 1.165) is 22.7 Å². The second-order valence-corrected chi connectivity index (χ2v) is 6.68. The van der Waals surface area contributed by atoms with E-state index < -0.39 is 0 Å². The minimum Gasteiger partial charge on any atom is -0.308 e. The van der Waals surface area contributed by atoms with Gasteiger partial charge in [-0.3, -0.25) is 9.50 Å². The Morgan fingerprint density at radius 2 is 2.12 bits per heavy atom. The lowest BCUT2D eigenvalue weighted by atomic mass is 10.1. The summed E-state index contributed by atoms with van der Waals surface area (Å²) in [5.74, 6) is 2.05. The highest BCUT2D eigenvalue weighted by molar-refractivity contribution is 6.30. The number of hydrogen-bond donors (Lipinski definition) is 2. The number of fused-ring (bicyclic) bond motifs is 1. The molecule has 0 saturated heterocycles. The van der Waals surface area contributed by atoms with Crippen LogP contribution < -0.4 is 5.32 Å². The largest absolute Gasteiger partial charge is 0.308 e. The molecule has 0 spiro atoms. The van der Waals surface area contributed by atoms with Crippen molar-refractivity contribution in [2.45, 2.75) is 18.8 Å². The van der Waals surface area contributed by atoms with E-state index >= 15 is 0 Å². The van der Waals surface area contributed by atoms with Crippen LogP contribution in [0.5, 0.6) is 0 Å². The first kappa shape index (κ1) is 14.5. The van der Waals surface area contributed by atoms with E-state index in [0.29, 0.717) is 16.9 Å². The summed E-state index contributed by atoms with van der Waals surface area (Å²) in [7, 11) is 0. The average molecular weight is 351 g/mol. The maximum absolute atomic E-state index is 6.12. The van der Waals surface area contributed by atoms with Crippen molar-refractivity contribution >= 4 is 29.0 Å². The number of nitrogens with one attached hydrogen (secondary N) is 2. The van der Waals surface area contributed by atoms with E-state index in [1.165, 1.54) is 18.5 Å². The molecule has 124 valence electrons. The number of rotatable bonds is 4. The van der Waals surface area contributed by atoms with Gasteiger partial charge >= 0.3 is 0 Å². The highest BCUT2D eigenvalue weighted by Crippen LogP contribution is 2.39. The van der Waals surface area contributed by atoms with Gasteiger partial charge in [-0.05, 0) is 25.0 Å². The molecule has 0 bridgehead atoms. The lowest BCUT2D eigenvalue weighted by molar-refractivity contribution is 0.964. The molecule has 1 aliphatic rings. The molecule has 6 nitrogen and oxygen atoms in total. The fourth-order valence-corrected chi connectivity index (χ4v) is 3.12. The Bertz CT molecular complexity index is 1060. The van der Waals surface area contributed by atoms with Crippen molar-refractivity contribution in [3.63, 3.8) is 0 Å². The summed E-state index contributed by atoms with van der Waals surface area (Å²) in [5, 5.41) is 11.4. The van der Waals surface area contributed by atoms with Crippen molar-refractivity contribution in [1.29, 1.82) is 0 Å². The van der Waals surface area contributed by atoms with Crippen molar-refractivity contribution in [3.05, 3.63) is 59.5 Å². The molecule has 1 fully saturated rings. The molecule has 25 heavy (non-hydrogen) atoms. The summed E-state index contributed by atoms with van der Waals surface area (Å²) in [6.45, 7) is 0. The summed E-state index contributed by atoms with van der Waals surface area (Å²) < 4.78 is 1.90. The molecule has 2 N–H and O–H groups in total.